The molecule has 1 saturated carbocycles. The Morgan fingerprint density at radius 3 is 2.62 bits per heavy atom. The van der Waals surface area contributed by atoms with Crippen molar-refractivity contribution in [3.05, 3.63) is 0 Å². The number of likely N-dealkylation sites (tertiary alicyclic amines) is 1. The monoisotopic (exact) mass is 370 g/mol. The maximum atomic E-state index is 12.4. The van der Waals surface area contributed by atoms with Crippen molar-refractivity contribution in [2.75, 3.05) is 26.8 Å². The molecule has 1 unspecified atom stereocenters. The molecule has 8 heteroatoms. The smallest absolute Gasteiger partial charge is 0.407 e. The lowest BCUT2D eigenvalue weighted by Crippen LogP contribution is -2.48. The third kappa shape index (κ3) is 5.33. The van der Waals surface area contributed by atoms with E-state index < -0.39 is 24.2 Å². The van der Waals surface area contributed by atoms with E-state index >= 15 is 0 Å². The second kappa shape index (κ2) is 9.21. The van der Waals surface area contributed by atoms with E-state index in [9.17, 15) is 19.5 Å². The highest BCUT2D eigenvalue weighted by Gasteiger charge is 2.51. The van der Waals surface area contributed by atoms with Crippen LogP contribution in [-0.4, -0.2) is 66.9 Å². The fourth-order valence-electron chi connectivity index (χ4n) is 3.30. The van der Waals surface area contributed by atoms with Crippen LogP contribution in [0.4, 0.5) is 4.79 Å². The van der Waals surface area contributed by atoms with Crippen molar-refractivity contribution in [1.82, 2.24) is 10.2 Å². The number of aliphatic hydroxyl groups is 1. The van der Waals surface area contributed by atoms with E-state index in [1.807, 2.05) is 6.92 Å². The van der Waals surface area contributed by atoms with Gasteiger partial charge in [-0.15, -0.1) is 0 Å². The zero-order valence-electron chi connectivity index (χ0n) is 15.7. The molecule has 0 aromatic rings. The number of β-amino-alcohol motifs (C(OH)–C–C–N with tert-alkyl or cyclic N) is 1. The first-order valence-electron chi connectivity index (χ1n) is 9.39. The van der Waals surface area contributed by atoms with Crippen LogP contribution in [0.2, 0.25) is 0 Å². The standard InChI is InChI=1S/C18H30N2O6/c1-3-4-11-26-17(24)19-13(16(23)25-2)5-6-15(22)20-10-9-18(7-8-18)14(21)12-20/h13-14,21H,3-12H2,1-2H3,(H,19,24)/t13?,14-/m1/s1. The molecule has 1 heterocycles. The molecule has 0 bridgehead atoms. The topological polar surface area (TPSA) is 105 Å². The number of carbonyl (C=O) groups is 3. The largest absolute Gasteiger partial charge is 0.467 e. The Morgan fingerprint density at radius 2 is 2.04 bits per heavy atom. The van der Waals surface area contributed by atoms with Gasteiger partial charge in [-0.3, -0.25) is 4.79 Å². The maximum Gasteiger partial charge on any atom is 0.407 e. The van der Waals surface area contributed by atoms with Gasteiger partial charge in [0.05, 0.1) is 19.8 Å². The van der Waals surface area contributed by atoms with E-state index in [-0.39, 0.29) is 30.8 Å². The first-order valence-corrected chi connectivity index (χ1v) is 9.39. The van der Waals surface area contributed by atoms with Crippen molar-refractivity contribution in [1.29, 1.82) is 0 Å². The lowest BCUT2D eigenvalue weighted by molar-refractivity contribution is -0.143. The lowest BCUT2D eigenvalue weighted by atomic mass is 9.90. The highest BCUT2D eigenvalue weighted by Crippen LogP contribution is 2.53. The summed E-state index contributed by atoms with van der Waals surface area (Å²) in [6, 6.07) is -0.928. The van der Waals surface area contributed by atoms with Gasteiger partial charge in [-0.05, 0) is 37.5 Å². The predicted octanol–water partition coefficient (Wildman–Crippen LogP) is 1.21. The molecule has 2 rings (SSSR count). The Hall–Kier alpha value is -1.83. The van der Waals surface area contributed by atoms with Crippen LogP contribution in [0.15, 0.2) is 0 Å². The minimum Gasteiger partial charge on any atom is -0.467 e. The summed E-state index contributed by atoms with van der Waals surface area (Å²) in [5, 5.41) is 12.7. The summed E-state index contributed by atoms with van der Waals surface area (Å²) in [7, 11) is 1.23. The van der Waals surface area contributed by atoms with Crippen LogP contribution in [0.3, 0.4) is 0 Å². The summed E-state index contributed by atoms with van der Waals surface area (Å²) < 4.78 is 9.68. The van der Waals surface area contributed by atoms with Gasteiger partial charge in [-0.1, -0.05) is 13.3 Å². The Balaban J connectivity index is 1.79. The van der Waals surface area contributed by atoms with Gasteiger partial charge in [0.25, 0.3) is 0 Å². The third-order valence-electron chi connectivity index (χ3n) is 5.38. The molecule has 8 nitrogen and oxygen atoms in total. The number of unbranched alkanes of at least 4 members (excludes halogenated alkanes) is 1. The summed E-state index contributed by atoms with van der Waals surface area (Å²) in [6.07, 6.45) is 3.59. The zero-order valence-corrected chi connectivity index (χ0v) is 15.7. The molecule has 2 amide bonds. The molecule has 2 atom stereocenters. The Morgan fingerprint density at radius 1 is 1.31 bits per heavy atom. The molecule has 0 aromatic heterocycles. The number of methoxy groups -OCH3 is 1. The second-order valence-corrected chi connectivity index (χ2v) is 7.22. The average Bonchev–Trinajstić information content (AvgIpc) is 3.41. The molecule has 148 valence electrons. The van der Waals surface area contributed by atoms with Gasteiger partial charge in [0.15, 0.2) is 0 Å². The SMILES string of the molecule is CCCCOC(=O)NC(CCC(=O)N1CCC2(CC2)[C@H](O)C1)C(=O)OC. The van der Waals surface area contributed by atoms with E-state index in [1.54, 1.807) is 4.90 Å². The maximum absolute atomic E-state index is 12.4. The number of nitrogens with zero attached hydrogens (tertiary/aromatic N) is 1. The van der Waals surface area contributed by atoms with Crippen molar-refractivity contribution in [3.8, 4) is 0 Å². The van der Waals surface area contributed by atoms with Crippen molar-refractivity contribution in [2.45, 2.75) is 64.0 Å². The molecule has 2 fully saturated rings. The number of rotatable bonds is 8. The van der Waals surface area contributed by atoms with Crippen LogP contribution in [0.1, 0.15) is 51.9 Å². The fourth-order valence-corrected chi connectivity index (χ4v) is 3.30. The van der Waals surface area contributed by atoms with Crippen LogP contribution in [-0.2, 0) is 19.1 Å². The minimum absolute atomic E-state index is 0.0368. The molecule has 2 aliphatic rings. The van der Waals surface area contributed by atoms with Crippen molar-refractivity contribution in [2.24, 2.45) is 5.41 Å². The molecule has 1 aliphatic heterocycles. The van der Waals surface area contributed by atoms with E-state index in [0.29, 0.717) is 13.1 Å². The van der Waals surface area contributed by atoms with Gasteiger partial charge in [0.2, 0.25) is 5.91 Å². The first kappa shape index (κ1) is 20.5. The average molecular weight is 370 g/mol. The minimum atomic E-state index is -0.928. The number of piperidine rings is 1. The van der Waals surface area contributed by atoms with Crippen LogP contribution < -0.4 is 5.32 Å². The predicted molar refractivity (Wildman–Crippen MR) is 93.3 cm³/mol. The molecule has 1 saturated heterocycles. The van der Waals surface area contributed by atoms with Crippen LogP contribution in [0.5, 0.6) is 0 Å². The highest BCUT2D eigenvalue weighted by molar-refractivity contribution is 5.82. The van der Waals surface area contributed by atoms with Crippen molar-refractivity contribution < 1.29 is 29.0 Å². The Bertz CT molecular complexity index is 520. The van der Waals surface area contributed by atoms with Gasteiger partial charge < -0.3 is 24.8 Å². The molecular formula is C18H30N2O6. The number of hydrogen-bond acceptors (Lipinski definition) is 6. The number of amides is 2. The second-order valence-electron chi connectivity index (χ2n) is 7.22. The van der Waals surface area contributed by atoms with Crippen LogP contribution >= 0.6 is 0 Å². The van der Waals surface area contributed by atoms with E-state index in [4.69, 9.17) is 9.47 Å². The van der Waals surface area contributed by atoms with E-state index in [1.165, 1.54) is 7.11 Å². The Kier molecular flexibility index (Phi) is 7.25. The zero-order chi connectivity index (χ0) is 19.2. The molecule has 0 radical (unpaired) electrons. The van der Waals surface area contributed by atoms with E-state index in [0.717, 1.165) is 32.1 Å². The summed E-state index contributed by atoms with van der Waals surface area (Å²) in [6.45, 7) is 3.23. The quantitative estimate of drug-likeness (QED) is 0.491. The number of esters is 1. The number of nitrogens with one attached hydrogen (secondary N) is 1. The Labute approximate surface area is 154 Å². The normalized spacial score (nSPS) is 21.8. The van der Waals surface area contributed by atoms with Gasteiger partial charge in [-0.2, -0.15) is 0 Å². The molecule has 1 spiro atoms. The number of ether oxygens (including phenoxy) is 2. The molecule has 0 aromatic carbocycles. The fraction of sp³-hybridized carbons (Fsp3) is 0.833. The van der Waals surface area contributed by atoms with Gasteiger partial charge in [0, 0.05) is 19.5 Å². The highest BCUT2D eigenvalue weighted by atomic mass is 16.6. The van der Waals surface area contributed by atoms with Gasteiger partial charge in [-0.25, -0.2) is 9.59 Å². The van der Waals surface area contributed by atoms with Gasteiger partial charge in [0.1, 0.15) is 6.04 Å². The summed E-state index contributed by atoms with van der Waals surface area (Å²) in [4.78, 5) is 37.6. The third-order valence-corrected chi connectivity index (χ3v) is 5.38. The van der Waals surface area contributed by atoms with Crippen LogP contribution in [0.25, 0.3) is 0 Å². The number of alkyl carbamates (subject to hydrolysis) is 1. The van der Waals surface area contributed by atoms with Crippen molar-refractivity contribution in [3.63, 3.8) is 0 Å². The first-order chi connectivity index (χ1) is 12.4. The molecular weight excluding hydrogens is 340 g/mol. The number of carbonyl (C=O) groups excluding carboxylic acids is 3. The lowest BCUT2D eigenvalue weighted by Gasteiger charge is -2.36. The molecule has 26 heavy (non-hydrogen) atoms. The van der Waals surface area contributed by atoms with E-state index in [2.05, 4.69) is 5.32 Å². The number of hydrogen-bond donors (Lipinski definition) is 2. The molecule has 2 N–H and O–H groups in total. The summed E-state index contributed by atoms with van der Waals surface area (Å²) in [5.74, 6) is -0.740. The molecule has 1 aliphatic carbocycles. The summed E-state index contributed by atoms with van der Waals surface area (Å²) >= 11 is 0. The van der Waals surface area contributed by atoms with Crippen molar-refractivity contribution >= 4 is 18.0 Å². The summed E-state index contributed by atoms with van der Waals surface area (Å²) in [5.41, 5.74) is 0.0368. The number of aliphatic hydroxyl groups excluding tert-OH is 1. The van der Waals surface area contributed by atoms with Gasteiger partial charge >= 0.3 is 12.1 Å². The van der Waals surface area contributed by atoms with Crippen LogP contribution in [0, 0.1) is 5.41 Å².